The average Bonchev–Trinajstić information content (AvgIpc) is 3.11. The normalized spacial score (nSPS) is 16.7. The molecule has 0 aliphatic carbocycles. The lowest BCUT2D eigenvalue weighted by molar-refractivity contribution is 0.00879. The SMILES string of the molecule is FCC1(CNc2ccc3nnc(-c4ccc(F)cc4)n3n2)CCOCC1. The molecule has 136 valence electrons. The van der Waals surface area contributed by atoms with Gasteiger partial charge in [-0.15, -0.1) is 15.3 Å². The second-order valence-corrected chi connectivity index (χ2v) is 6.62. The number of fused-ring (bicyclic) bond motifs is 1. The van der Waals surface area contributed by atoms with Gasteiger partial charge in [-0.1, -0.05) is 0 Å². The largest absolute Gasteiger partial charge is 0.381 e. The fraction of sp³-hybridized carbons (Fsp3) is 0.389. The van der Waals surface area contributed by atoms with E-state index < -0.39 is 5.41 Å². The van der Waals surface area contributed by atoms with Crippen molar-refractivity contribution < 1.29 is 13.5 Å². The van der Waals surface area contributed by atoms with Crippen molar-refractivity contribution in [2.45, 2.75) is 12.8 Å². The molecule has 0 spiro atoms. The molecule has 3 heterocycles. The van der Waals surface area contributed by atoms with E-state index in [1.165, 1.54) is 12.1 Å². The Balaban J connectivity index is 1.59. The van der Waals surface area contributed by atoms with Crippen molar-refractivity contribution in [1.82, 2.24) is 19.8 Å². The summed E-state index contributed by atoms with van der Waals surface area (Å²) in [6.07, 6.45) is 1.37. The Labute approximate surface area is 149 Å². The molecule has 0 unspecified atom stereocenters. The van der Waals surface area contributed by atoms with Crippen LogP contribution in [0.4, 0.5) is 14.6 Å². The van der Waals surface area contributed by atoms with Crippen molar-refractivity contribution in [3.8, 4) is 11.4 Å². The van der Waals surface area contributed by atoms with Gasteiger partial charge in [-0.25, -0.2) is 4.39 Å². The fourth-order valence-corrected chi connectivity index (χ4v) is 3.10. The minimum absolute atomic E-state index is 0.314. The van der Waals surface area contributed by atoms with E-state index in [1.54, 1.807) is 28.8 Å². The number of hydrogen-bond donors (Lipinski definition) is 1. The van der Waals surface area contributed by atoms with Crippen molar-refractivity contribution in [1.29, 1.82) is 0 Å². The summed E-state index contributed by atoms with van der Waals surface area (Å²) in [7, 11) is 0. The maximum atomic E-state index is 13.6. The van der Waals surface area contributed by atoms with Crippen LogP contribution in [0, 0.1) is 11.2 Å². The van der Waals surface area contributed by atoms with Crippen LogP contribution in [0.3, 0.4) is 0 Å². The zero-order chi connectivity index (χ0) is 18.0. The Morgan fingerprint density at radius 2 is 1.85 bits per heavy atom. The van der Waals surface area contributed by atoms with E-state index >= 15 is 0 Å². The summed E-state index contributed by atoms with van der Waals surface area (Å²) in [6, 6.07) is 9.59. The molecule has 26 heavy (non-hydrogen) atoms. The van der Waals surface area contributed by atoms with Gasteiger partial charge in [-0.3, -0.25) is 4.39 Å². The molecular weight excluding hydrogens is 340 g/mol. The van der Waals surface area contributed by atoms with E-state index in [9.17, 15) is 8.78 Å². The lowest BCUT2D eigenvalue weighted by Gasteiger charge is -2.34. The quantitative estimate of drug-likeness (QED) is 0.758. The van der Waals surface area contributed by atoms with Crippen molar-refractivity contribution in [2.24, 2.45) is 5.41 Å². The van der Waals surface area contributed by atoms with Crippen LogP contribution < -0.4 is 5.32 Å². The molecule has 0 bridgehead atoms. The minimum atomic E-state index is -0.415. The van der Waals surface area contributed by atoms with Gasteiger partial charge in [0.2, 0.25) is 0 Å². The highest BCUT2D eigenvalue weighted by Crippen LogP contribution is 2.31. The Hall–Kier alpha value is -2.61. The molecule has 4 rings (SSSR count). The molecule has 6 nitrogen and oxygen atoms in total. The molecule has 1 aliphatic rings. The van der Waals surface area contributed by atoms with Gasteiger partial charge in [0.15, 0.2) is 11.5 Å². The number of anilines is 1. The topological polar surface area (TPSA) is 64.3 Å². The lowest BCUT2D eigenvalue weighted by atomic mass is 9.81. The maximum absolute atomic E-state index is 13.6. The van der Waals surface area contributed by atoms with Gasteiger partial charge in [0.1, 0.15) is 11.6 Å². The van der Waals surface area contributed by atoms with Crippen LogP contribution >= 0.6 is 0 Å². The first-order chi connectivity index (χ1) is 12.7. The third-order valence-corrected chi connectivity index (χ3v) is 4.85. The van der Waals surface area contributed by atoms with Crippen LogP contribution in [-0.4, -0.2) is 46.2 Å². The molecular formula is C18H19F2N5O. The van der Waals surface area contributed by atoms with E-state index in [0.717, 1.165) is 0 Å². The van der Waals surface area contributed by atoms with Crippen LogP contribution in [0.1, 0.15) is 12.8 Å². The monoisotopic (exact) mass is 359 g/mol. The highest BCUT2D eigenvalue weighted by molar-refractivity contribution is 5.59. The number of halogens is 2. The molecule has 1 aliphatic heterocycles. The molecule has 0 radical (unpaired) electrons. The average molecular weight is 359 g/mol. The second-order valence-electron chi connectivity index (χ2n) is 6.62. The fourth-order valence-electron chi connectivity index (χ4n) is 3.10. The summed E-state index contributed by atoms with van der Waals surface area (Å²) < 4.78 is 33.7. The maximum Gasteiger partial charge on any atom is 0.185 e. The summed E-state index contributed by atoms with van der Waals surface area (Å²) in [6.45, 7) is 1.26. The van der Waals surface area contributed by atoms with Gasteiger partial charge < -0.3 is 10.1 Å². The number of aromatic nitrogens is 4. The molecule has 3 aromatic rings. The highest BCUT2D eigenvalue weighted by atomic mass is 19.1. The Morgan fingerprint density at radius 1 is 1.08 bits per heavy atom. The molecule has 8 heteroatoms. The van der Waals surface area contributed by atoms with Gasteiger partial charge in [-0.05, 0) is 49.2 Å². The van der Waals surface area contributed by atoms with Crippen LogP contribution in [0.2, 0.25) is 0 Å². The summed E-state index contributed by atoms with van der Waals surface area (Å²) >= 11 is 0. The second kappa shape index (κ2) is 6.95. The van der Waals surface area contributed by atoms with E-state index in [4.69, 9.17) is 4.74 Å². The molecule has 0 atom stereocenters. The molecule has 1 aromatic carbocycles. The van der Waals surface area contributed by atoms with Gasteiger partial charge in [0.25, 0.3) is 0 Å². The lowest BCUT2D eigenvalue weighted by Crippen LogP contribution is -2.38. The predicted octanol–water partition coefficient (Wildman–Crippen LogP) is 3.11. The van der Waals surface area contributed by atoms with Crippen molar-refractivity contribution >= 4 is 11.5 Å². The van der Waals surface area contributed by atoms with Gasteiger partial charge in [-0.2, -0.15) is 4.52 Å². The standard InChI is InChI=1S/C18H19F2N5O/c19-11-18(7-9-26-10-8-18)12-21-15-5-6-16-22-23-17(25(16)24-15)13-1-3-14(20)4-2-13/h1-6H,7-12H2,(H,21,24). The number of rotatable bonds is 5. The number of nitrogens with zero attached hydrogens (tertiary/aromatic N) is 4. The summed E-state index contributed by atoms with van der Waals surface area (Å²) in [5.74, 6) is 0.820. The van der Waals surface area contributed by atoms with Crippen LogP contribution in [0.5, 0.6) is 0 Å². The van der Waals surface area contributed by atoms with Gasteiger partial charge in [0.05, 0.1) is 6.67 Å². The molecule has 0 amide bonds. The van der Waals surface area contributed by atoms with Crippen molar-refractivity contribution in [3.05, 3.63) is 42.2 Å². The third kappa shape index (κ3) is 3.24. The highest BCUT2D eigenvalue weighted by Gasteiger charge is 2.32. The van der Waals surface area contributed by atoms with Crippen LogP contribution in [0.25, 0.3) is 17.0 Å². The summed E-state index contributed by atoms with van der Waals surface area (Å²) in [5, 5.41) is 16.0. The molecule has 1 fully saturated rings. The van der Waals surface area contributed by atoms with E-state index in [2.05, 4.69) is 20.6 Å². The molecule has 2 aromatic heterocycles. The summed E-state index contributed by atoms with van der Waals surface area (Å²) in [5.41, 5.74) is 0.886. The molecule has 1 saturated heterocycles. The number of hydrogen-bond acceptors (Lipinski definition) is 5. The zero-order valence-electron chi connectivity index (χ0n) is 14.2. The Bertz CT molecular complexity index is 890. The summed E-state index contributed by atoms with van der Waals surface area (Å²) in [4.78, 5) is 0. The third-order valence-electron chi connectivity index (χ3n) is 4.85. The van der Waals surface area contributed by atoms with Gasteiger partial charge in [0, 0.05) is 30.7 Å². The molecule has 0 saturated carbocycles. The first kappa shape index (κ1) is 16.8. The minimum Gasteiger partial charge on any atom is -0.381 e. The van der Waals surface area contributed by atoms with Gasteiger partial charge >= 0.3 is 0 Å². The number of nitrogens with one attached hydrogen (secondary N) is 1. The van der Waals surface area contributed by atoms with Crippen molar-refractivity contribution in [3.63, 3.8) is 0 Å². The Kier molecular flexibility index (Phi) is 4.50. The molecule has 1 N–H and O–H groups in total. The van der Waals surface area contributed by atoms with Crippen LogP contribution in [-0.2, 0) is 4.74 Å². The van der Waals surface area contributed by atoms with Crippen LogP contribution in [0.15, 0.2) is 36.4 Å². The van der Waals surface area contributed by atoms with E-state index in [1.807, 2.05) is 0 Å². The first-order valence-electron chi connectivity index (χ1n) is 8.55. The van der Waals surface area contributed by atoms with E-state index in [-0.39, 0.29) is 12.5 Å². The number of alkyl halides is 1. The predicted molar refractivity (Wildman–Crippen MR) is 93.1 cm³/mol. The first-order valence-corrected chi connectivity index (χ1v) is 8.55. The Morgan fingerprint density at radius 3 is 2.58 bits per heavy atom. The number of benzene rings is 1. The van der Waals surface area contributed by atoms with Crippen molar-refractivity contribution in [2.75, 3.05) is 31.7 Å². The zero-order valence-corrected chi connectivity index (χ0v) is 14.2. The number of ether oxygens (including phenoxy) is 1. The van der Waals surface area contributed by atoms with E-state index in [0.29, 0.717) is 55.5 Å². The smallest absolute Gasteiger partial charge is 0.185 e.